The number of nitrogens with one attached hydrogen (secondary N) is 1. The molecule has 4 bridgehead atoms. The fourth-order valence-electron chi connectivity index (χ4n) is 4.33. The van der Waals surface area contributed by atoms with E-state index in [1.807, 2.05) is 0 Å². The SMILES string of the molecule is CO[C@H]1N=C(N)NC23[C@@H]1[C@H]1O[C@](O)(O[C@@H]([C@H]2O)[C@]1(O)OC)[C@H]3O. The molecule has 5 aliphatic rings. The Hall–Kier alpha value is -1.05. The van der Waals surface area contributed by atoms with Crippen LogP contribution < -0.4 is 11.1 Å². The van der Waals surface area contributed by atoms with Gasteiger partial charge in [0.1, 0.15) is 23.9 Å². The van der Waals surface area contributed by atoms with Gasteiger partial charge in [-0.3, -0.25) is 0 Å². The van der Waals surface area contributed by atoms with E-state index >= 15 is 0 Å². The van der Waals surface area contributed by atoms with Crippen molar-refractivity contribution in [1.29, 1.82) is 0 Å². The van der Waals surface area contributed by atoms with Gasteiger partial charge >= 0.3 is 5.97 Å². The van der Waals surface area contributed by atoms with E-state index in [1.54, 1.807) is 0 Å². The third-order valence-corrected chi connectivity index (χ3v) is 5.35. The molecule has 7 N–H and O–H groups in total. The highest BCUT2D eigenvalue weighted by molar-refractivity contribution is 5.80. The van der Waals surface area contributed by atoms with Crippen molar-refractivity contribution in [2.75, 3.05) is 14.2 Å². The molecule has 0 amide bonds. The van der Waals surface area contributed by atoms with Crippen molar-refractivity contribution in [3.05, 3.63) is 0 Å². The Balaban J connectivity index is 1.94. The highest BCUT2D eigenvalue weighted by Gasteiger charge is 2.83. The quantitative estimate of drug-likeness (QED) is 0.272. The fraction of sp³-hybridized carbons (Fsp3) is 0.917. The Morgan fingerprint density at radius 2 is 1.87 bits per heavy atom. The summed E-state index contributed by atoms with van der Waals surface area (Å²) in [7, 11) is 2.58. The van der Waals surface area contributed by atoms with Gasteiger partial charge in [0, 0.05) is 14.2 Å². The van der Waals surface area contributed by atoms with Gasteiger partial charge in [-0.25, -0.2) is 4.99 Å². The number of aliphatic imine (C=N–C) groups is 1. The summed E-state index contributed by atoms with van der Waals surface area (Å²) in [4.78, 5) is 4.06. The molecular formula is C12H19N3O8. The van der Waals surface area contributed by atoms with Crippen molar-refractivity contribution in [1.82, 2.24) is 5.32 Å². The summed E-state index contributed by atoms with van der Waals surface area (Å²) in [6, 6.07) is 0. The molecule has 0 aromatic heterocycles. The van der Waals surface area contributed by atoms with E-state index < -0.39 is 53.9 Å². The Labute approximate surface area is 130 Å². The molecule has 4 aliphatic heterocycles. The lowest BCUT2D eigenvalue weighted by Gasteiger charge is -2.71. The minimum atomic E-state index is -2.43. The van der Waals surface area contributed by atoms with Gasteiger partial charge in [0.2, 0.25) is 5.79 Å². The van der Waals surface area contributed by atoms with Gasteiger partial charge in [0.25, 0.3) is 0 Å². The molecule has 4 heterocycles. The molecule has 23 heavy (non-hydrogen) atoms. The average molecular weight is 333 g/mol. The van der Waals surface area contributed by atoms with E-state index in [2.05, 4.69) is 10.3 Å². The number of hydrogen-bond donors (Lipinski definition) is 6. The van der Waals surface area contributed by atoms with Gasteiger partial charge in [-0.15, -0.1) is 0 Å². The number of hydrogen-bond acceptors (Lipinski definition) is 11. The minimum absolute atomic E-state index is 0.0855. The molecule has 1 unspecified atom stereocenters. The molecule has 1 aliphatic carbocycles. The Kier molecular flexibility index (Phi) is 2.90. The highest BCUT2D eigenvalue weighted by Crippen LogP contribution is 2.59. The number of ether oxygens (including phenoxy) is 4. The second kappa shape index (κ2) is 4.32. The van der Waals surface area contributed by atoms with Crippen LogP contribution in [0.25, 0.3) is 0 Å². The molecule has 4 fully saturated rings. The van der Waals surface area contributed by atoms with E-state index in [1.165, 1.54) is 14.2 Å². The number of guanidine groups is 1. The van der Waals surface area contributed by atoms with E-state index in [0.29, 0.717) is 0 Å². The van der Waals surface area contributed by atoms with Crippen molar-refractivity contribution < 1.29 is 39.4 Å². The van der Waals surface area contributed by atoms with Crippen LogP contribution in [-0.2, 0) is 18.9 Å². The number of aliphatic hydroxyl groups excluding tert-OH is 2. The first-order valence-electron chi connectivity index (χ1n) is 7.10. The predicted molar refractivity (Wildman–Crippen MR) is 70.4 cm³/mol. The van der Waals surface area contributed by atoms with Crippen LogP contribution in [0.5, 0.6) is 0 Å². The van der Waals surface area contributed by atoms with E-state index in [0.717, 1.165) is 0 Å². The Bertz CT molecular complexity index is 577. The standard InChI is InChI=1S/C12H19N3O8/c1-20-7-3-5-11(18,21-2)6-4(16)10(3,15-9(13)14-7)8(17)12(19,22-5)23-6/h3-8,16-19H,1-2H3,(H3,13,14,15)/t3-,4-,5-,6+,7-,8+,10?,11-,12+/m1/s1. The average Bonchev–Trinajstić information content (AvgIpc) is 2.52. The third-order valence-electron chi connectivity index (χ3n) is 5.35. The molecule has 3 saturated heterocycles. The van der Waals surface area contributed by atoms with Gasteiger partial charge in [-0.1, -0.05) is 0 Å². The zero-order chi connectivity index (χ0) is 16.8. The van der Waals surface area contributed by atoms with Crippen LogP contribution in [0.4, 0.5) is 0 Å². The van der Waals surface area contributed by atoms with Crippen LogP contribution in [0.15, 0.2) is 4.99 Å². The highest BCUT2D eigenvalue weighted by atomic mass is 16.9. The van der Waals surface area contributed by atoms with Crippen LogP contribution in [-0.4, -0.2) is 88.5 Å². The summed E-state index contributed by atoms with van der Waals surface area (Å²) in [6.45, 7) is 0. The Morgan fingerprint density at radius 1 is 1.22 bits per heavy atom. The first-order chi connectivity index (χ1) is 10.7. The fourth-order valence-corrected chi connectivity index (χ4v) is 4.33. The number of rotatable bonds is 2. The summed E-state index contributed by atoms with van der Waals surface area (Å²) in [5, 5.41) is 45.4. The number of nitrogens with two attached hydrogens (primary N) is 1. The number of methoxy groups -OCH3 is 2. The normalized spacial score (nSPS) is 60.2. The van der Waals surface area contributed by atoms with Crippen molar-refractivity contribution in [2.45, 2.75) is 47.9 Å². The van der Waals surface area contributed by atoms with E-state index in [9.17, 15) is 20.4 Å². The second-order valence-corrected chi connectivity index (χ2v) is 6.24. The van der Waals surface area contributed by atoms with Crippen LogP contribution in [0.3, 0.4) is 0 Å². The van der Waals surface area contributed by atoms with Crippen LogP contribution in [0.1, 0.15) is 0 Å². The molecule has 130 valence electrons. The van der Waals surface area contributed by atoms with Gasteiger partial charge in [-0.05, 0) is 0 Å². The lowest BCUT2D eigenvalue weighted by atomic mass is 9.57. The second-order valence-electron chi connectivity index (χ2n) is 6.24. The van der Waals surface area contributed by atoms with Gasteiger partial charge < -0.3 is 50.4 Å². The molecule has 1 spiro atoms. The lowest BCUT2D eigenvalue weighted by Crippen LogP contribution is -2.95. The van der Waals surface area contributed by atoms with Gasteiger partial charge in [0.15, 0.2) is 18.3 Å². The maximum atomic E-state index is 10.8. The van der Waals surface area contributed by atoms with Gasteiger partial charge in [-0.2, -0.15) is 0 Å². The van der Waals surface area contributed by atoms with Crippen molar-refractivity contribution >= 4 is 5.96 Å². The van der Waals surface area contributed by atoms with Crippen LogP contribution in [0.2, 0.25) is 0 Å². The predicted octanol–water partition coefficient (Wildman–Crippen LogP) is -4.25. The lowest BCUT2D eigenvalue weighted by molar-refractivity contribution is -0.570. The maximum Gasteiger partial charge on any atom is 0.311 e. The van der Waals surface area contributed by atoms with E-state index in [-0.39, 0.29) is 5.96 Å². The first-order valence-corrected chi connectivity index (χ1v) is 7.10. The summed E-state index contributed by atoms with van der Waals surface area (Å²) in [5.41, 5.74) is 4.16. The minimum Gasteiger partial charge on any atom is -0.388 e. The molecule has 0 radical (unpaired) electrons. The van der Waals surface area contributed by atoms with E-state index in [4.69, 9.17) is 24.7 Å². The van der Waals surface area contributed by atoms with Crippen LogP contribution >= 0.6 is 0 Å². The van der Waals surface area contributed by atoms with Crippen molar-refractivity contribution in [2.24, 2.45) is 16.6 Å². The maximum absolute atomic E-state index is 10.8. The number of nitrogens with zero attached hydrogens (tertiary/aromatic N) is 1. The molecule has 11 heteroatoms. The molecule has 11 nitrogen and oxygen atoms in total. The molecule has 0 aromatic rings. The molecule has 1 saturated carbocycles. The van der Waals surface area contributed by atoms with Crippen molar-refractivity contribution in [3.8, 4) is 0 Å². The summed E-state index contributed by atoms with van der Waals surface area (Å²) in [5.74, 6) is -5.49. The largest absolute Gasteiger partial charge is 0.388 e. The topological polar surface area (TPSA) is 168 Å². The summed E-state index contributed by atoms with van der Waals surface area (Å²) >= 11 is 0. The zero-order valence-corrected chi connectivity index (χ0v) is 12.4. The molecule has 0 aromatic carbocycles. The first kappa shape index (κ1) is 15.5. The molecule has 9 atom stereocenters. The Morgan fingerprint density at radius 3 is 2.48 bits per heavy atom. The third kappa shape index (κ3) is 1.49. The van der Waals surface area contributed by atoms with Gasteiger partial charge in [0.05, 0.1) is 5.92 Å². The molecule has 5 rings (SSSR count). The smallest absolute Gasteiger partial charge is 0.311 e. The summed E-state index contributed by atoms with van der Waals surface area (Å²) < 4.78 is 21.0. The number of aliphatic hydroxyl groups is 4. The summed E-state index contributed by atoms with van der Waals surface area (Å²) in [6.07, 6.45) is -6.73. The molecular weight excluding hydrogens is 314 g/mol. The van der Waals surface area contributed by atoms with Crippen molar-refractivity contribution in [3.63, 3.8) is 0 Å². The monoisotopic (exact) mass is 333 g/mol. The van der Waals surface area contributed by atoms with Crippen LogP contribution in [0, 0.1) is 5.92 Å². The zero-order valence-electron chi connectivity index (χ0n) is 12.4.